The molecule has 8 heteroatoms. The summed E-state index contributed by atoms with van der Waals surface area (Å²) in [5.41, 5.74) is 4.59. The molecule has 1 saturated heterocycles. The van der Waals surface area contributed by atoms with Crippen LogP contribution >= 0.6 is 0 Å². The Bertz CT molecular complexity index is 1010. The van der Waals surface area contributed by atoms with Crippen LogP contribution in [0.15, 0.2) is 48.5 Å². The number of benzene rings is 2. The molecule has 180 valence electrons. The fraction of sp³-hybridized carbons (Fsp3) is 0.423. The van der Waals surface area contributed by atoms with E-state index < -0.39 is 24.1 Å². The van der Waals surface area contributed by atoms with Gasteiger partial charge in [0.25, 0.3) is 0 Å². The van der Waals surface area contributed by atoms with E-state index >= 15 is 0 Å². The topological polar surface area (TPSA) is 114 Å². The molecule has 1 heterocycles. The Morgan fingerprint density at radius 2 is 1.71 bits per heavy atom. The molecule has 1 aliphatic heterocycles. The van der Waals surface area contributed by atoms with Crippen LogP contribution in [-0.2, 0) is 19.1 Å². The number of carboxylic acid groups (broad SMARTS) is 1. The number of carboxylic acids is 1. The summed E-state index contributed by atoms with van der Waals surface area (Å²) >= 11 is 0. The number of amides is 2. The summed E-state index contributed by atoms with van der Waals surface area (Å²) in [6.45, 7) is 2.82. The number of fused-ring (bicyclic) bond motifs is 3. The summed E-state index contributed by atoms with van der Waals surface area (Å²) in [7, 11) is 0. The Kier molecular flexibility index (Phi) is 7.47. The molecule has 1 unspecified atom stereocenters. The van der Waals surface area contributed by atoms with Crippen molar-refractivity contribution < 1.29 is 29.0 Å². The van der Waals surface area contributed by atoms with E-state index in [1.54, 1.807) is 0 Å². The zero-order chi connectivity index (χ0) is 24.1. The number of aliphatic carboxylic acids is 1. The highest BCUT2D eigenvalue weighted by Gasteiger charge is 2.34. The van der Waals surface area contributed by atoms with E-state index in [4.69, 9.17) is 9.47 Å². The lowest BCUT2D eigenvalue weighted by Crippen LogP contribution is -2.42. The quantitative estimate of drug-likeness (QED) is 0.523. The molecule has 3 atom stereocenters. The summed E-state index contributed by atoms with van der Waals surface area (Å²) in [6, 6.07) is 16.2. The molecule has 2 amide bonds. The van der Waals surface area contributed by atoms with E-state index in [-0.39, 0.29) is 37.4 Å². The minimum Gasteiger partial charge on any atom is -0.479 e. The van der Waals surface area contributed by atoms with Gasteiger partial charge in [-0.1, -0.05) is 55.5 Å². The van der Waals surface area contributed by atoms with E-state index in [0.717, 1.165) is 22.3 Å². The Balaban J connectivity index is 1.26. The van der Waals surface area contributed by atoms with Crippen LogP contribution in [0.4, 0.5) is 4.79 Å². The average molecular weight is 467 g/mol. The smallest absolute Gasteiger partial charge is 0.407 e. The van der Waals surface area contributed by atoms with Crippen LogP contribution in [0, 0.1) is 11.8 Å². The normalized spacial score (nSPS) is 19.7. The molecule has 0 bridgehead atoms. The lowest BCUT2D eigenvalue weighted by Gasteiger charge is -2.19. The minimum absolute atomic E-state index is 0.0285. The first-order valence-electron chi connectivity index (χ1n) is 11.7. The van der Waals surface area contributed by atoms with Crippen molar-refractivity contribution in [2.45, 2.75) is 31.8 Å². The maximum atomic E-state index is 12.6. The highest BCUT2D eigenvalue weighted by Crippen LogP contribution is 2.44. The fourth-order valence-electron chi connectivity index (χ4n) is 4.77. The maximum absolute atomic E-state index is 12.6. The van der Waals surface area contributed by atoms with Crippen LogP contribution in [-0.4, -0.2) is 55.5 Å². The SMILES string of the molecule is CCC(CNC(=O)OCC1c2ccccc2-c2ccccc21)C(=O)NC[C@H]1CCO[C@H]1C(=O)O. The van der Waals surface area contributed by atoms with Crippen molar-refractivity contribution >= 4 is 18.0 Å². The van der Waals surface area contributed by atoms with Gasteiger partial charge in [0.2, 0.25) is 5.91 Å². The minimum atomic E-state index is -1.01. The standard InChI is InChI=1S/C26H30N2O6/c1-2-16(24(29)27-14-17-11-12-33-23(17)25(30)31)13-28-26(32)34-15-22-20-9-5-3-7-18(20)19-8-4-6-10-21(19)22/h3-10,16-17,22-23H,2,11-15H2,1H3,(H,27,29)(H,28,32)(H,30,31)/t16?,17-,23-/m1/s1. The van der Waals surface area contributed by atoms with Crippen molar-refractivity contribution in [3.8, 4) is 11.1 Å². The molecule has 34 heavy (non-hydrogen) atoms. The van der Waals surface area contributed by atoms with Gasteiger partial charge in [-0.3, -0.25) is 4.79 Å². The highest BCUT2D eigenvalue weighted by atomic mass is 16.5. The van der Waals surface area contributed by atoms with Gasteiger partial charge < -0.3 is 25.2 Å². The summed E-state index contributed by atoms with van der Waals surface area (Å²) in [5, 5.41) is 14.7. The van der Waals surface area contributed by atoms with Crippen molar-refractivity contribution in [2.24, 2.45) is 11.8 Å². The average Bonchev–Trinajstić information content (AvgIpc) is 3.45. The number of nitrogens with one attached hydrogen (secondary N) is 2. The van der Waals surface area contributed by atoms with Crippen molar-refractivity contribution in [1.29, 1.82) is 0 Å². The molecule has 2 aromatic rings. The largest absolute Gasteiger partial charge is 0.479 e. The van der Waals surface area contributed by atoms with E-state index in [2.05, 4.69) is 34.9 Å². The van der Waals surface area contributed by atoms with E-state index in [0.29, 0.717) is 19.4 Å². The molecule has 2 aromatic carbocycles. The lowest BCUT2D eigenvalue weighted by molar-refractivity contribution is -0.149. The summed E-state index contributed by atoms with van der Waals surface area (Å²) < 4.78 is 10.7. The van der Waals surface area contributed by atoms with Gasteiger partial charge in [-0.15, -0.1) is 0 Å². The van der Waals surface area contributed by atoms with Crippen molar-refractivity contribution in [3.63, 3.8) is 0 Å². The van der Waals surface area contributed by atoms with Gasteiger partial charge in [0.1, 0.15) is 6.61 Å². The van der Waals surface area contributed by atoms with E-state index in [1.807, 2.05) is 31.2 Å². The molecule has 0 radical (unpaired) electrons. The van der Waals surface area contributed by atoms with Gasteiger partial charge in [0, 0.05) is 31.5 Å². The molecule has 0 aromatic heterocycles. The molecular formula is C26H30N2O6. The number of hydrogen-bond donors (Lipinski definition) is 3. The molecule has 0 spiro atoms. The highest BCUT2D eigenvalue weighted by molar-refractivity contribution is 5.80. The monoisotopic (exact) mass is 466 g/mol. The second-order valence-corrected chi connectivity index (χ2v) is 8.74. The maximum Gasteiger partial charge on any atom is 0.407 e. The first kappa shape index (κ1) is 23.8. The number of rotatable bonds is 9. The molecule has 4 rings (SSSR count). The second-order valence-electron chi connectivity index (χ2n) is 8.74. The van der Waals surface area contributed by atoms with Gasteiger partial charge in [-0.25, -0.2) is 9.59 Å². The fourth-order valence-corrected chi connectivity index (χ4v) is 4.77. The first-order valence-corrected chi connectivity index (χ1v) is 11.7. The summed E-state index contributed by atoms with van der Waals surface area (Å²) in [6.07, 6.45) is -0.340. The summed E-state index contributed by atoms with van der Waals surface area (Å²) in [5.74, 6) is -1.96. The Morgan fingerprint density at radius 1 is 1.06 bits per heavy atom. The number of carbonyl (C=O) groups excluding carboxylic acids is 2. The van der Waals surface area contributed by atoms with Crippen LogP contribution in [0.25, 0.3) is 11.1 Å². The van der Waals surface area contributed by atoms with E-state index in [9.17, 15) is 19.5 Å². The van der Waals surface area contributed by atoms with Gasteiger partial charge in [0.15, 0.2) is 6.10 Å². The first-order chi connectivity index (χ1) is 16.5. The zero-order valence-corrected chi connectivity index (χ0v) is 19.2. The number of alkyl carbamates (subject to hydrolysis) is 1. The predicted molar refractivity (Wildman–Crippen MR) is 125 cm³/mol. The van der Waals surface area contributed by atoms with Gasteiger partial charge in [0.05, 0.1) is 5.92 Å². The number of ether oxygens (including phenoxy) is 2. The summed E-state index contributed by atoms with van der Waals surface area (Å²) in [4.78, 5) is 36.2. The second kappa shape index (κ2) is 10.7. The van der Waals surface area contributed by atoms with E-state index in [1.165, 1.54) is 0 Å². The van der Waals surface area contributed by atoms with Gasteiger partial charge in [-0.05, 0) is 35.1 Å². The molecule has 2 aliphatic rings. The lowest BCUT2D eigenvalue weighted by atomic mass is 9.98. The van der Waals surface area contributed by atoms with Crippen molar-refractivity contribution in [2.75, 3.05) is 26.3 Å². The molecule has 0 saturated carbocycles. The van der Waals surface area contributed by atoms with Gasteiger partial charge >= 0.3 is 12.1 Å². The third-order valence-corrected chi connectivity index (χ3v) is 6.70. The van der Waals surface area contributed by atoms with Gasteiger partial charge in [-0.2, -0.15) is 0 Å². The molecule has 1 fully saturated rings. The number of carbonyl (C=O) groups is 3. The molecule has 1 aliphatic carbocycles. The van der Waals surface area contributed by atoms with Crippen LogP contribution in [0.1, 0.15) is 36.8 Å². The number of hydrogen-bond acceptors (Lipinski definition) is 5. The van der Waals surface area contributed by atoms with Crippen LogP contribution < -0.4 is 10.6 Å². The third-order valence-electron chi connectivity index (χ3n) is 6.70. The predicted octanol–water partition coefficient (Wildman–Crippen LogP) is 3.16. The third kappa shape index (κ3) is 5.07. The van der Waals surface area contributed by atoms with Crippen LogP contribution in [0.3, 0.4) is 0 Å². The molecule has 3 N–H and O–H groups in total. The Labute approximate surface area is 198 Å². The van der Waals surface area contributed by atoms with Crippen molar-refractivity contribution in [3.05, 3.63) is 59.7 Å². The Morgan fingerprint density at radius 3 is 2.32 bits per heavy atom. The van der Waals surface area contributed by atoms with Crippen molar-refractivity contribution in [1.82, 2.24) is 10.6 Å². The molecule has 8 nitrogen and oxygen atoms in total. The van der Waals surface area contributed by atoms with Crippen LogP contribution in [0.2, 0.25) is 0 Å². The Hall–Kier alpha value is -3.39. The zero-order valence-electron chi connectivity index (χ0n) is 19.2. The molecular weight excluding hydrogens is 436 g/mol. The van der Waals surface area contributed by atoms with Crippen LogP contribution in [0.5, 0.6) is 0 Å².